The lowest BCUT2D eigenvalue weighted by Gasteiger charge is -2.31. The van der Waals surface area contributed by atoms with Crippen LogP contribution in [0.4, 0.5) is 0 Å². The summed E-state index contributed by atoms with van der Waals surface area (Å²) in [7, 11) is 3.34. The molecular formula is C18H28N2O3. The van der Waals surface area contributed by atoms with Crippen molar-refractivity contribution in [2.75, 3.05) is 33.9 Å². The minimum atomic E-state index is 0.0716. The Balaban J connectivity index is 1.78. The van der Waals surface area contributed by atoms with Gasteiger partial charge in [0, 0.05) is 25.6 Å². The van der Waals surface area contributed by atoms with Crippen molar-refractivity contribution in [3.8, 4) is 5.75 Å². The lowest BCUT2D eigenvalue weighted by molar-refractivity contribution is -0.127. The molecule has 1 heterocycles. The number of methoxy groups -OCH3 is 2. The summed E-state index contributed by atoms with van der Waals surface area (Å²) >= 11 is 0. The number of likely N-dealkylation sites (tertiary alicyclic amines) is 1. The van der Waals surface area contributed by atoms with E-state index >= 15 is 0 Å². The van der Waals surface area contributed by atoms with Gasteiger partial charge in [0.05, 0.1) is 13.7 Å². The number of hydrogen-bond donors (Lipinski definition) is 1. The van der Waals surface area contributed by atoms with Gasteiger partial charge in [-0.15, -0.1) is 0 Å². The molecule has 1 fully saturated rings. The Kier molecular flexibility index (Phi) is 6.86. The molecule has 1 saturated heterocycles. The molecular weight excluding hydrogens is 292 g/mol. The van der Waals surface area contributed by atoms with Crippen molar-refractivity contribution in [3.63, 3.8) is 0 Å². The molecule has 0 saturated carbocycles. The van der Waals surface area contributed by atoms with E-state index in [9.17, 15) is 4.79 Å². The molecule has 1 aromatic carbocycles. The summed E-state index contributed by atoms with van der Waals surface area (Å²) in [6, 6.07) is 8.24. The molecule has 128 valence electrons. The first-order chi connectivity index (χ1) is 11.1. The van der Waals surface area contributed by atoms with Crippen LogP contribution in [-0.4, -0.2) is 50.8 Å². The fourth-order valence-corrected chi connectivity index (χ4v) is 3.03. The fourth-order valence-electron chi connectivity index (χ4n) is 3.03. The van der Waals surface area contributed by atoms with E-state index in [1.807, 2.05) is 19.1 Å². The average molecular weight is 320 g/mol. The lowest BCUT2D eigenvalue weighted by atomic mass is 9.95. The van der Waals surface area contributed by atoms with Crippen LogP contribution in [0.25, 0.3) is 0 Å². The summed E-state index contributed by atoms with van der Waals surface area (Å²) < 4.78 is 10.3. The quantitative estimate of drug-likeness (QED) is 0.835. The van der Waals surface area contributed by atoms with Crippen molar-refractivity contribution in [2.24, 2.45) is 5.92 Å². The van der Waals surface area contributed by atoms with Crippen LogP contribution in [0.15, 0.2) is 24.3 Å². The molecule has 1 atom stereocenters. The standard InChI is InChI=1S/C18H28N2O3/c1-14(13-22-2)19-18(21)16-7-9-20(10-8-16)12-15-5-4-6-17(11-15)23-3/h4-6,11,14,16H,7-10,12-13H2,1-3H3,(H,19,21). The van der Waals surface area contributed by atoms with Gasteiger partial charge in [0.15, 0.2) is 0 Å². The molecule has 2 rings (SSSR count). The predicted octanol–water partition coefficient (Wildman–Crippen LogP) is 2.06. The predicted molar refractivity (Wildman–Crippen MR) is 90.5 cm³/mol. The van der Waals surface area contributed by atoms with E-state index in [0.717, 1.165) is 38.2 Å². The molecule has 1 amide bonds. The van der Waals surface area contributed by atoms with E-state index in [1.165, 1.54) is 5.56 Å². The zero-order valence-electron chi connectivity index (χ0n) is 14.4. The molecule has 5 nitrogen and oxygen atoms in total. The van der Waals surface area contributed by atoms with E-state index in [0.29, 0.717) is 6.61 Å². The van der Waals surface area contributed by atoms with E-state index in [1.54, 1.807) is 14.2 Å². The van der Waals surface area contributed by atoms with Gasteiger partial charge in [0.2, 0.25) is 5.91 Å². The van der Waals surface area contributed by atoms with Crippen molar-refractivity contribution in [1.82, 2.24) is 10.2 Å². The second-order valence-electron chi connectivity index (χ2n) is 6.27. The first-order valence-electron chi connectivity index (χ1n) is 8.27. The van der Waals surface area contributed by atoms with Crippen LogP contribution >= 0.6 is 0 Å². The third kappa shape index (κ3) is 5.52. The molecule has 1 unspecified atom stereocenters. The SMILES string of the molecule is COCC(C)NC(=O)C1CCN(Cc2cccc(OC)c2)CC1. The van der Waals surface area contributed by atoms with Crippen LogP contribution in [0.2, 0.25) is 0 Å². The molecule has 1 aliphatic heterocycles. The first kappa shape index (κ1) is 17.8. The second kappa shape index (κ2) is 8.89. The normalized spacial score (nSPS) is 17.7. The Hall–Kier alpha value is -1.59. The van der Waals surface area contributed by atoms with Gasteiger partial charge < -0.3 is 14.8 Å². The Morgan fingerprint density at radius 3 is 2.74 bits per heavy atom. The number of carbonyl (C=O) groups excluding carboxylic acids is 1. The van der Waals surface area contributed by atoms with Crippen molar-refractivity contribution in [3.05, 3.63) is 29.8 Å². The molecule has 1 N–H and O–H groups in total. The highest BCUT2D eigenvalue weighted by Crippen LogP contribution is 2.21. The zero-order chi connectivity index (χ0) is 16.7. The first-order valence-corrected chi connectivity index (χ1v) is 8.27. The van der Waals surface area contributed by atoms with Gasteiger partial charge in [-0.05, 0) is 50.6 Å². The molecule has 5 heteroatoms. The van der Waals surface area contributed by atoms with Crippen LogP contribution in [0.5, 0.6) is 5.75 Å². The number of ether oxygens (including phenoxy) is 2. The second-order valence-corrected chi connectivity index (χ2v) is 6.27. The maximum Gasteiger partial charge on any atom is 0.223 e. The summed E-state index contributed by atoms with van der Waals surface area (Å²) in [5.74, 6) is 1.18. The number of amides is 1. The number of nitrogens with one attached hydrogen (secondary N) is 1. The van der Waals surface area contributed by atoms with E-state index in [4.69, 9.17) is 9.47 Å². The van der Waals surface area contributed by atoms with Crippen LogP contribution in [0.1, 0.15) is 25.3 Å². The number of carbonyl (C=O) groups is 1. The zero-order valence-corrected chi connectivity index (χ0v) is 14.4. The topological polar surface area (TPSA) is 50.8 Å². The maximum atomic E-state index is 12.2. The Morgan fingerprint density at radius 2 is 2.09 bits per heavy atom. The summed E-state index contributed by atoms with van der Waals surface area (Å²) in [6.07, 6.45) is 1.82. The molecule has 0 spiro atoms. The van der Waals surface area contributed by atoms with E-state index in [-0.39, 0.29) is 17.9 Å². The van der Waals surface area contributed by atoms with Crippen molar-refractivity contribution in [2.45, 2.75) is 32.4 Å². The van der Waals surface area contributed by atoms with Gasteiger partial charge in [-0.2, -0.15) is 0 Å². The molecule has 23 heavy (non-hydrogen) atoms. The minimum absolute atomic E-state index is 0.0716. The number of piperidine rings is 1. The van der Waals surface area contributed by atoms with Crippen LogP contribution in [-0.2, 0) is 16.1 Å². The van der Waals surface area contributed by atoms with Crippen molar-refractivity contribution >= 4 is 5.91 Å². The third-order valence-corrected chi connectivity index (χ3v) is 4.30. The molecule has 0 radical (unpaired) electrons. The van der Waals surface area contributed by atoms with Crippen LogP contribution in [0.3, 0.4) is 0 Å². The number of benzene rings is 1. The highest BCUT2D eigenvalue weighted by atomic mass is 16.5. The van der Waals surface area contributed by atoms with Gasteiger partial charge >= 0.3 is 0 Å². The fraction of sp³-hybridized carbons (Fsp3) is 0.611. The van der Waals surface area contributed by atoms with Gasteiger partial charge in [0.25, 0.3) is 0 Å². The van der Waals surface area contributed by atoms with E-state index in [2.05, 4.69) is 22.3 Å². The third-order valence-electron chi connectivity index (χ3n) is 4.30. The van der Waals surface area contributed by atoms with Crippen LogP contribution < -0.4 is 10.1 Å². The van der Waals surface area contributed by atoms with Gasteiger partial charge in [-0.1, -0.05) is 12.1 Å². The summed E-state index contributed by atoms with van der Waals surface area (Å²) in [5, 5.41) is 3.03. The molecule has 1 aromatic rings. The van der Waals surface area contributed by atoms with Crippen LogP contribution in [0, 0.1) is 5.92 Å². The molecule has 0 aliphatic carbocycles. The molecule has 0 aromatic heterocycles. The Bertz CT molecular complexity index is 499. The van der Waals surface area contributed by atoms with Crippen molar-refractivity contribution in [1.29, 1.82) is 0 Å². The molecule has 0 bridgehead atoms. The summed E-state index contributed by atoms with van der Waals surface area (Å²) in [5.41, 5.74) is 1.25. The number of hydrogen-bond acceptors (Lipinski definition) is 4. The Morgan fingerprint density at radius 1 is 1.35 bits per heavy atom. The number of nitrogens with zero attached hydrogens (tertiary/aromatic N) is 1. The van der Waals surface area contributed by atoms with Gasteiger partial charge in [-0.3, -0.25) is 9.69 Å². The average Bonchev–Trinajstić information content (AvgIpc) is 2.56. The maximum absolute atomic E-state index is 12.2. The van der Waals surface area contributed by atoms with Crippen molar-refractivity contribution < 1.29 is 14.3 Å². The highest BCUT2D eigenvalue weighted by molar-refractivity contribution is 5.79. The monoisotopic (exact) mass is 320 g/mol. The lowest BCUT2D eigenvalue weighted by Crippen LogP contribution is -2.44. The smallest absolute Gasteiger partial charge is 0.223 e. The van der Waals surface area contributed by atoms with E-state index < -0.39 is 0 Å². The largest absolute Gasteiger partial charge is 0.497 e. The minimum Gasteiger partial charge on any atom is -0.497 e. The number of rotatable bonds is 7. The summed E-state index contributed by atoms with van der Waals surface area (Å²) in [4.78, 5) is 14.6. The summed E-state index contributed by atoms with van der Waals surface area (Å²) in [6.45, 7) is 5.34. The van der Waals surface area contributed by atoms with Gasteiger partial charge in [-0.25, -0.2) is 0 Å². The highest BCUT2D eigenvalue weighted by Gasteiger charge is 2.25. The molecule has 1 aliphatic rings. The van der Waals surface area contributed by atoms with Gasteiger partial charge in [0.1, 0.15) is 5.75 Å². The Labute approximate surface area is 139 Å².